The number of nitrogens with one attached hydrogen (secondary N) is 1. The van der Waals surface area contributed by atoms with Crippen LogP contribution in [-0.2, 0) is 0 Å². The van der Waals surface area contributed by atoms with Crippen LogP contribution in [0.1, 0.15) is 57.4 Å². The van der Waals surface area contributed by atoms with E-state index in [0.717, 1.165) is 6.54 Å². The maximum atomic E-state index is 5.89. The van der Waals surface area contributed by atoms with Crippen molar-refractivity contribution in [2.45, 2.75) is 57.9 Å². The molecule has 0 saturated heterocycles. The molecule has 1 saturated carbocycles. The highest BCUT2D eigenvalue weighted by molar-refractivity contribution is 5.46. The summed E-state index contributed by atoms with van der Waals surface area (Å²) in [6.45, 7) is 5.33. The lowest BCUT2D eigenvalue weighted by molar-refractivity contribution is 0.332. The molecule has 1 aromatic rings. The predicted molar refractivity (Wildman–Crippen MR) is 83.6 cm³/mol. The molecule has 19 heavy (non-hydrogen) atoms. The van der Waals surface area contributed by atoms with E-state index in [1.165, 1.54) is 43.4 Å². The maximum Gasteiger partial charge on any atom is 0.0342 e. The van der Waals surface area contributed by atoms with Crippen LogP contribution in [0.4, 0.5) is 5.69 Å². The van der Waals surface area contributed by atoms with Gasteiger partial charge >= 0.3 is 0 Å². The Morgan fingerprint density at radius 3 is 2.53 bits per heavy atom. The van der Waals surface area contributed by atoms with Crippen LogP contribution in [0.2, 0.25) is 0 Å². The van der Waals surface area contributed by atoms with Gasteiger partial charge in [0.2, 0.25) is 0 Å². The molecule has 0 bridgehead atoms. The summed E-state index contributed by atoms with van der Waals surface area (Å²) in [5, 5.41) is 3.69. The maximum absolute atomic E-state index is 5.89. The summed E-state index contributed by atoms with van der Waals surface area (Å²) in [5.41, 5.74) is 8.57. The Morgan fingerprint density at radius 1 is 1.21 bits per heavy atom. The lowest BCUT2D eigenvalue weighted by Gasteiger charge is -2.32. The van der Waals surface area contributed by atoms with Crippen molar-refractivity contribution >= 4 is 5.69 Å². The SMILES string of the molecule is CCC(C)c1ccc(NC2CCCCC2CN)cc1. The van der Waals surface area contributed by atoms with Gasteiger partial charge in [-0.1, -0.05) is 38.8 Å². The average molecular weight is 260 g/mol. The monoisotopic (exact) mass is 260 g/mol. The highest BCUT2D eigenvalue weighted by Gasteiger charge is 2.23. The molecule has 0 heterocycles. The van der Waals surface area contributed by atoms with E-state index in [0.29, 0.717) is 17.9 Å². The first kappa shape index (κ1) is 14.4. The van der Waals surface area contributed by atoms with E-state index in [2.05, 4.69) is 43.4 Å². The van der Waals surface area contributed by atoms with Crippen molar-refractivity contribution in [2.75, 3.05) is 11.9 Å². The Labute approximate surface area is 117 Å². The highest BCUT2D eigenvalue weighted by Crippen LogP contribution is 2.27. The van der Waals surface area contributed by atoms with Gasteiger partial charge in [-0.05, 0) is 55.3 Å². The largest absolute Gasteiger partial charge is 0.382 e. The summed E-state index contributed by atoms with van der Waals surface area (Å²) in [4.78, 5) is 0. The van der Waals surface area contributed by atoms with Crippen LogP contribution in [0, 0.1) is 5.92 Å². The molecule has 0 spiro atoms. The Balaban J connectivity index is 1.98. The van der Waals surface area contributed by atoms with Crippen molar-refractivity contribution in [1.29, 1.82) is 0 Å². The third-order valence-corrected chi connectivity index (χ3v) is 4.66. The molecule has 2 rings (SSSR count). The minimum atomic E-state index is 0.563. The lowest BCUT2D eigenvalue weighted by Crippen LogP contribution is -2.36. The zero-order chi connectivity index (χ0) is 13.7. The molecule has 1 aliphatic rings. The third-order valence-electron chi connectivity index (χ3n) is 4.66. The van der Waals surface area contributed by atoms with Gasteiger partial charge in [-0.3, -0.25) is 0 Å². The molecule has 3 atom stereocenters. The molecule has 0 aliphatic heterocycles. The minimum Gasteiger partial charge on any atom is -0.382 e. The van der Waals surface area contributed by atoms with E-state index in [4.69, 9.17) is 5.73 Å². The van der Waals surface area contributed by atoms with Gasteiger partial charge in [-0.2, -0.15) is 0 Å². The molecule has 1 fully saturated rings. The van der Waals surface area contributed by atoms with E-state index in [1.54, 1.807) is 0 Å². The van der Waals surface area contributed by atoms with Gasteiger partial charge in [0, 0.05) is 11.7 Å². The van der Waals surface area contributed by atoms with E-state index in [9.17, 15) is 0 Å². The van der Waals surface area contributed by atoms with Gasteiger partial charge in [-0.25, -0.2) is 0 Å². The van der Waals surface area contributed by atoms with Gasteiger partial charge < -0.3 is 11.1 Å². The van der Waals surface area contributed by atoms with Crippen molar-refractivity contribution < 1.29 is 0 Å². The van der Waals surface area contributed by atoms with Crippen LogP contribution in [0.5, 0.6) is 0 Å². The summed E-state index contributed by atoms with van der Waals surface area (Å²) in [5.74, 6) is 1.29. The lowest BCUT2D eigenvalue weighted by atomic mass is 9.84. The highest BCUT2D eigenvalue weighted by atomic mass is 14.9. The fraction of sp³-hybridized carbons (Fsp3) is 0.647. The number of hydrogen-bond acceptors (Lipinski definition) is 2. The molecule has 3 N–H and O–H groups in total. The number of anilines is 1. The standard InChI is InChI=1S/C17H28N2/c1-3-13(2)14-8-10-16(11-9-14)19-17-7-5-4-6-15(17)12-18/h8-11,13,15,17,19H,3-7,12,18H2,1-2H3. The van der Waals surface area contributed by atoms with Gasteiger partial charge in [0.1, 0.15) is 0 Å². The molecule has 0 aromatic heterocycles. The van der Waals surface area contributed by atoms with E-state index in [1.807, 2.05) is 0 Å². The summed E-state index contributed by atoms with van der Waals surface area (Å²) in [6.07, 6.45) is 6.41. The average Bonchev–Trinajstić information content (AvgIpc) is 2.48. The molecule has 0 amide bonds. The molecular weight excluding hydrogens is 232 g/mol. The second kappa shape index (κ2) is 6.95. The van der Waals surface area contributed by atoms with Crippen LogP contribution < -0.4 is 11.1 Å². The van der Waals surface area contributed by atoms with Crippen molar-refractivity contribution in [2.24, 2.45) is 11.7 Å². The van der Waals surface area contributed by atoms with E-state index < -0.39 is 0 Å². The molecular formula is C17H28N2. The van der Waals surface area contributed by atoms with Crippen molar-refractivity contribution in [1.82, 2.24) is 0 Å². The Kier molecular flexibility index (Phi) is 5.26. The normalized spacial score (nSPS) is 25.0. The number of benzene rings is 1. The Morgan fingerprint density at radius 2 is 1.89 bits per heavy atom. The van der Waals surface area contributed by atoms with Gasteiger partial charge in [0.25, 0.3) is 0 Å². The van der Waals surface area contributed by atoms with Crippen LogP contribution >= 0.6 is 0 Å². The van der Waals surface area contributed by atoms with Gasteiger partial charge in [0.15, 0.2) is 0 Å². The van der Waals surface area contributed by atoms with E-state index >= 15 is 0 Å². The fourth-order valence-electron chi connectivity index (χ4n) is 3.04. The first-order valence-corrected chi connectivity index (χ1v) is 7.81. The van der Waals surface area contributed by atoms with Gasteiger partial charge in [-0.15, -0.1) is 0 Å². The van der Waals surface area contributed by atoms with Crippen molar-refractivity contribution in [3.05, 3.63) is 29.8 Å². The Bertz CT molecular complexity index is 371. The third kappa shape index (κ3) is 3.73. The zero-order valence-electron chi connectivity index (χ0n) is 12.4. The van der Waals surface area contributed by atoms with Crippen LogP contribution in [0.15, 0.2) is 24.3 Å². The molecule has 2 heteroatoms. The molecule has 0 radical (unpaired) electrons. The molecule has 3 unspecified atom stereocenters. The first-order chi connectivity index (χ1) is 9.24. The summed E-state index contributed by atoms with van der Waals surface area (Å²) < 4.78 is 0. The quantitative estimate of drug-likeness (QED) is 0.835. The van der Waals surface area contributed by atoms with Crippen LogP contribution in [0.25, 0.3) is 0 Å². The molecule has 1 aliphatic carbocycles. The smallest absolute Gasteiger partial charge is 0.0342 e. The molecule has 2 nitrogen and oxygen atoms in total. The second-order valence-electron chi connectivity index (χ2n) is 5.96. The van der Waals surface area contributed by atoms with Crippen molar-refractivity contribution in [3.8, 4) is 0 Å². The predicted octanol–water partition coefficient (Wildman–Crippen LogP) is 4.13. The van der Waals surface area contributed by atoms with Crippen LogP contribution in [-0.4, -0.2) is 12.6 Å². The minimum absolute atomic E-state index is 0.563. The summed E-state index contributed by atoms with van der Waals surface area (Å²) >= 11 is 0. The topological polar surface area (TPSA) is 38.0 Å². The van der Waals surface area contributed by atoms with E-state index in [-0.39, 0.29) is 0 Å². The van der Waals surface area contributed by atoms with Gasteiger partial charge in [0.05, 0.1) is 0 Å². The second-order valence-corrected chi connectivity index (χ2v) is 5.96. The van der Waals surface area contributed by atoms with Crippen molar-refractivity contribution in [3.63, 3.8) is 0 Å². The van der Waals surface area contributed by atoms with Crippen LogP contribution in [0.3, 0.4) is 0 Å². The first-order valence-electron chi connectivity index (χ1n) is 7.81. The summed E-state index contributed by atoms with van der Waals surface area (Å²) in [7, 11) is 0. The Hall–Kier alpha value is -1.02. The zero-order valence-corrected chi connectivity index (χ0v) is 12.4. The molecule has 1 aromatic carbocycles. The number of nitrogens with two attached hydrogens (primary N) is 1. The summed E-state index contributed by atoms with van der Waals surface area (Å²) in [6, 6.07) is 9.54. The molecule has 106 valence electrons. The number of rotatable bonds is 5. The fourth-order valence-corrected chi connectivity index (χ4v) is 3.04. The number of hydrogen-bond donors (Lipinski definition) is 2.